The maximum atomic E-state index is 10.6. The van der Waals surface area contributed by atoms with Crippen molar-refractivity contribution in [1.82, 2.24) is 10.2 Å². The van der Waals surface area contributed by atoms with Crippen molar-refractivity contribution >= 4 is 0 Å². The SMILES string of the molecule is CNCCC1(O)CCCN(Cc2ccccc2)C1. The molecule has 1 fully saturated rings. The second kappa shape index (κ2) is 6.32. The first-order chi connectivity index (χ1) is 8.72. The Morgan fingerprint density at radius 3 is 2.83 bits per heavy atom. The van der Waals surface area contributed by atoms with Crippen LogP contribution in [-0.4, -0.2) is 42.3 Å². The van der Waals surface area contributed by atoms with Crippen LogP contribution >= 0.6 is 0 Å². The molecule has 3 nitrogen and oxygen atoms in total. The van der Waals surface area contributed by atoms with E-state index < -0.39 is 5.60 Å². The van der Waals surface area contributed by atoms with Gasteiger partial charge < -0.3 is 10.4 Å². The predicted molar refractivity (Wildman–Crippen MR) is 74.4 cm³/mol. The van der Waals surface area contributed by atoms with E-state index in [0.717, 1.165) is 45.4 Å². The number of likely N-dealkylation sites (tertiary alicyclic amines) is 1. The molecule has 1 aliphatic rings. The first kappa shape index (κ1) is 13.5. The number of rotatable bonds is 5. The molecule has 1 aliphatic heterocycles. The van der Waals surface area contributed by atoms with Gasteiger partial charge in [0.1, 0.15) is 0 Å². The largest absolute Gasteiger partial charge is 0.389 e. The van der Waals surface area contributed by atoms with Crippen LogP contribution in [0.4, 0.5) is 0 Å². The summed E-state index contributed by atoms with van der Waals surface area (Å²) in [5.74, 6) is 0. The highest BCUT2D eigenvalue weighted by molar-refractivity contribution is 5.14. The van der Waals surface area contributed by atoms with Crippen molar-refractivity contribution in [3.8, 4) is 0 Å². The summed E-state index contributed by atoms with van der Waals surface area (Å²) in [6.45, 7) is 3.72. The first-order valence-electron chi connectivity index (χ1n) is 6.85. The molecule has 0 amide bonds. The number of hydrogen-bond donors (Lipinski definition) is 2. The number of hydrogen-bond acceptors (Lipinski definition) is 3. The smallest absolute Gasteiger partial charge is 0.0786 e. The van der Waals surface area contributed by atoms with Crippen molar-refractivity contribution in [1.29, 1.82) is 0 Å². The van der Waals surface area contributed by atoms with E-state index in [1.165, 1.54) is 5.56 Å². The summed E-state index contributed by atoms with van der Waals surface area (Å²) >= 11 is 0. The van der Waals surface area contributed by atoms with Crippen LogP contribution in [0.2, 0.25) is 0 Å². The second-order valence-corrected chi connectivity index (χ2v) is 5.38. The van der Waals surface area contributed by atoms with Gasteiger partial charge in [-0.3, -0.25) is 4.90 Å². The van der Waals surface area contributed by atoms with Crippen LogP contribution in [0.25, 0.3) is 0 Å². The lowest BCUT2D eigenvalue weighted by Crippen LogP contribution is -2.48. The molecule has 1 unspecified atom stereocenters. The average molecular weight is 248 g/mol. The van der Waals surface area contributed by atoms with Crippen molar-refractivity contribution in [2.24, 2.45) is 0 Å². The second-order valence-electron chi connectivity index (χ2n) is 5.38. The highest BCUT2D eigenvalue weighted by Gasteiger charge is 2.32. The molecule has 1 atom stereocenters. The lowest BCUT2D eigenvalue weighted by atomic mass is 9.89. The van der Waals surface area contributed by atoms with Gasteiger partial charge in [0.15, 0.2) is 0 Å². The minimum atomic E-state index is -0.504. The summed E-state index contributed by atoms with van der Waals surface area (Å²) in [5, 5.41) is 13.7. The first-order valence-corrected chi connectivity index (χ1v) is 6.85. The third-order valence-corrected chi connectivity index (χ3v) is 3.72. The van der Waals surface area contributed by atoms with E-state index in [9.17, 15) is 5.11 Å². The van der Waals surface area contributed by atoms with Crippen LogP contribution in [-0.2, 0) is 6.54 Å². The van der Waals surface area contributed by atoms with Crippen molar-refractivity contribution in [2.45, 2.75) is 31.4 Å². The van der Waals surface area contributed by atoms with Crippen molar-refractivity contribution in [3.63, 3.8) is 0 Å². The Hall–Kier alpha value is -0.900. The lowest BCUT2D eigenvalue weighted by molar-refractivity contribution is -0.0384. The summed E-state index contributed by atoms with van der Waals surface area (Å²) in [7, 11) is 1.94. The van der Waals surface area contributed by atoms with E-state index in [-0.39, 0.29) is 0 Å². The topological polar surface area (TPSA) is 35.5 Å². The van der Waals surface area contributed by atoms with Gasteiger partial charge >= 0.3 is 0 Å². The maximum Gasteiger partial charge on any atom is 0.0786 e. The number of benzene rings is 1. The van der Waals surface area contributed by atoms with E-state index in [2.05, 4.69) is 34.5 Å². The highest BCUT2D eigenvalue weighted by atomic mass is 16.3. The minimum Gasteiger partial charge on any atom is -0.389 e. The summed E-state index contributed by atoms with van der Waals surface area (Å²) in [6, 6.07) is 10.5. The zero-order valence-electron chi connectivity index (χ0n) is 11.2. The van der Waals surface area contributed by atoms with E-state index >= 15 is 0 Å². The minimum absolute atomic E-state index is 0.504. The number of aliphatic hydroxyl groups is 1. The normalized spacial score (nSPS) is 25.2. The molecule has 2 rings (SSSR count). The molecular formula is C15H24N2O. The van der Waals surface area contributed by atoms with Crippen molar-refractivity contribution in [2.75, 3.05) is 26.7 Å². The van der Waals surface area contributed by atoms with Gasteiger partial charge in [-0.05, 0) is 45.0 Å². The molecule has 0 aromatic heterocycles. The summed E-state index contributed by atoms with van der Waals surface area (Å²) < 4.78 is 0. The molecule has 3 heteroatoms. The molecule has 0 saturated carbocycles. The van der Waals surface area contributed by atoms with E-state index in [1.807, 2.05) is 13.1 Å². The fraction of sp³-hybridized carbons (Fsp3) is 0.600. The van der Waals surface area contributed by atoms with Crippen LogP contribution in [0.15, 0.2) is 30.3 Å². The van der Waals surface area contributed by atoms with Gasteiger partial charge in [0.05, 0.1) is 5.60 Å². The summed E-state index contributed by atoms with van der Waals surface area (Å²) in [6.07, 6.45) is 2.86. The Bertz CT molecular complexity index is 355. The van der Waals surface area contributed by atoms with Crippen LogP contribution in [0.5, 0.6) is 0 Å². The Balaban J connectivity index is 1.90. The molecule has 1 aromatic carbocycles. The quantitative estimate of drug-likeness (QED) is 0.831. The third kappa shape index (κ3) is 3.80. The molecule has 0 radical (unpaired) electrons. The third-order valence-electron chi connectivity index (χ3n) is 3.72. The van der Waals surface area contributed by atoms with Gasteiger partial charge in [0.25, 0.3) is 0 Å². The summed E-state index contributed by atoms with van der Waals surface area (Å²) in [4.78, 5) is 2.37. The molecule has 1 aromatic rings. The molecule has 18 heavy (non-hydrogen) atoms. The van der Waals surface area contributed by atoms with Crippen LogP contribution in [0, 0.1) is 0 Å². The Morgan fingerprint density at radius 2 is 2.11 bits per heavy atom. The molecule has 2 N–H and O–H groups in total. The number of nitrogens with one attached hydrogen (secondary N) is 1. The van der Waals surface area contributed by atoms with Gasteiger partial charge in [-0.1, -0.05) is 30.3 Å². The Morgan fingerprint density at radius 1 is 1.33 bits per heavy atom. The fourth-order valence-electron chi connectivity index (χ4n) is 2.74. The van der Waals surface area contributed by atoms with Gasteiger partial charge in [-0.15, -0.1) is 0 Å². The van der Waals surface area contributed by atoms with Crippen LogP contribution < -0.4 is 5.32 Å². The zero-order chi connectivity index (χ0) is 12.8. The molecule has 1 heterocycles. The van der Waals surface area contributed by atoms with Crippen LogP contribution in [0.1, 0.15) is 24.8 Å². The average Bonchev–Trinajstić information content (AvgIpc) is 2.38. The van der Waals surface area contributed by atoms with E-state index in [0.29, 0.717) is 0 Å². The molecule has 0 aliphatic carbocycles. The van der Waals surface area contributed by atoms with E-state index in [1.54, 1.807) is 0 Å². The number of nitrogens with zero attached hydrogens (tertiary/aromatic N) is 1. The van der Waals surface area contributed by atoms with E-state index in [4.69, 9.17) is 0 Å². The molecule has 0 bridgehead atoms. The monoisotopic (exact) mass is 248 g/mol. The number of piperidine rings is 1. The molecular weight excluding hydrogens is 224 g/mol. The van der Waals surface area contributed by atoms with Crippen molar-refractivity contribution in [3.05, 3.63) is 35.9 Å². The van der Waals surface area contributed by atoms with Gasteiger partial charge in [0, 0.05) is 13.1 Å². The molecule has 0 spiro atoms. The molecule has 100 valence electrons. The van der Waals surface area contributed by atoms with Gasteiger partial charge in [-0.25, -0.2) is 0 Å². The van der Waals surface area contributed by atoms with Crippen LogP contribution in [0.3, 0.4) is 0 Å². The number of β-amino-alcohol motifs (C(OH)–C–C–N with tert-alkyl or cyclic N) is 1. The van der Waals surface area contributed by atoms with Crippen molar-refractivity contribution < 1.29 is 5.11 Å². The predicted octanol–water partition coefficient (Wildman–Crippen LogP) is 1.62. The Labute approximate surface area is 110 Å². The maximum absolute atomic E-state index is 10.6. The van der Waals surface area contributed by atoms with Gasteiger partial charge in [0.2, 0.25) is 0 Å². The highest BCUT2D eigenvalue weighted by Crippen LogP contribution is 2.25. The standard InChI is InChI=1S/C15H24N2O/c1-16-10-9-15(18)8-5-11-17(13-15)12-14-6-3-2-4-7-14/h2-4,6-7,16,18H,5,8-13H2,1H3. The summed E-state index contributed by atoms with van der Waals surface area (Å²) in [5.41, 5.74) is 0.825. The lowest BCUT2D eigenvalue weighted by Gasteiger charge is -2.39. The Kier molecular flexibility index (Phi) is 4.75. The molecule has 1 saturated heterocycles. The zero-order valence-corrected chi connectivity index (χ0v) is 11.2. The fourth-order valence-corrected chi connectivity index (χ4v) is 2.74. The van der Waals surface area contributed by atoms with Gasteiger partial charge in [-0.2, -0.15) is 0 Å².